The van der Waals surface area contributed by atoms with Crippen LogP contribution in [0.2, 0.25) is 0 Å². The fraction of sp³-hybridized carbons (Fsp3) is 0.716. The van der Waals surface area contributed by atoms with Crippen LogP contribution in [0.15, 0.2) is 97.2 Å². The molecular formula is C67H114O6. The number of allylic oxidation sites excluding steroid dienone is 16. The lowest BCUT2D eigenvalue weighted by Gasteiger charge is -2.18. The fourth-order valence-electron chi connectivity index (χ4n) is 8.42. The Bertz CT molecular complexity index is 1440. The Hall–Kier alpha value is -3.67. The van der Waals surface area contributed by atoms with Gasteiger partial charge in [0.2, 0.25) is 0 Å². The Morgan fingerprint density at radius 1 is 0.288 bits per heavy atom. The van der Waals surface area contributed by atoms with Crippen LogP contribution in [0.1, 0.15) is 290 Å². The SMILES string of the molecule is CC/C=C\C/C=C\C/C=C\C/C=C\C/C=C\C/C=C\CCCCCCCCC(=O)OCC(COC(=O)CCCCCCC/C=C\CCCC)OC(=O)CCCCCCCCCCC/C=C\CCCCCCCC. The molecule has 0 saturated heterocycles. The Labute approximate surface area is 451 Å². The molecule has 0 aromatic carbocycles. The number of rotatable bonds is 55. The average molecular weight is 1020 g/mol. The van der Waals surface area contributed by atoms with Gasteiger partial charge in [-0.2, -0.15) is 0 Å². The first-order chi connectivity index (χ1) is 36.0. The van der Waals surface area contributed by atoms with Crippen LogP contribution in [0.4, 0.5) is 0 Å². The first kappa shape index (κ1) is 69.3. The predicted molar refractivity (Wildman–Crippen MR) is 316 cm³/mol. The first-order valence-electron chi connectivity index (χ1n) is 30.7. The van der Waals surface area contributed by atoms with Crippen molar-refractivity contribution in [3.8, 4) is 0 Å². The number of ether oxygens (including phenoxy) is 3. The average Bonchev–Trinajstić information content (AvgIpc) is 3.39. The van der Waals surface area contributed by atoms with Crippen molar-refractivity contribution in [1.29, 1.82) is 0 Å². The molecule has 1 unspecified atom stereocenters. The highest BCUT2D eigenvalue weighted by atomic mass is 16.6. The highest BCUT2D eigenvalue weighted by Crippen LogP contribution is 2.15. The van der Waals surface area contributed by atoms with Crippen molar-refractivity contribution in [1.82, 2.24) is 0 Å². The zero-order chi connectivity index (χ0) is 52.9. The van der Waals surface area contributed by atoms with E-state index in [1.165, 1.54) is 135 Å². The molecule has 0 aliphatic rings. The number of esters is 3. The quantitative estimate of drug-likeness (QED) is 0.0261. The number of hydrogen-bond donors (Lipinski definition) is 0. The summed E-state index contributed by atoms with van der Waals surface area (Å²) in [5.41, 5.74) is 0. The molecule has 73 heavy (non-hydrogen) atoms. The molecule has 0 aromatic rings. The zero-order valence-corrected chi connectivity index (χ0v) is 47.9. The lowest BCUT2D eigenvalue weighted by Crippen LogP contribution is -2.30. The van der Waals surface area contributed by atoms with Gasteiger partial charge in [0.25, 0.3) is 0 Å². The van der Waals surface area contributed by atoms with E-state index in [0.29, 0.717) is 19.3 Å². The summed E-state index contributed by atoms with van der Waals surface area (Å²) in [4.78, 5) is 38.2. The summed E-state index contributed by atoms with van der Waals surface area (Å²) in [6, 6.07) is 0. The van der Waals surface area contributed by atoms with Crippen molar-refractivity contribution in [2.45, 2.75) is 297 Å². The fourth-order valence-corrected chi connectivity index (χ4v) is 8.42. The van der Waals surface area contributed by atoms with Gasteiger partial charge in [0, 0.05) is 19.3 Å². The molecule has 0 rings (SSSR count). The maximum absolute atomic E-state index is 12.9. The van der Waals surface area contributed by atoms with E-state index < -0.39 is 6.10 Å². The molecule has 6 nitrogen and oxygen atoms in total. The minimum Gasteiger partial charge on any atom is -0.462 e. The summed E-state index contributed by atoms with van der Waals surface area (Å²) in [7, 11) is 0. The third-order valence-electron chi connectivity index (χ3n) is 13.0. The molecule has 1 atom stereocenters. The lowest BCUT2D eigenvalue weighted by molar-refractivity contribution is -0.167. The van der Waals surface area contributed by atoms with Crippen LogP contribution in [-0.4, -0.2) is 37.2 Å². The number of carbonyl (C=O) groups excluding carboxylic acids is 3. The van der Waals surface area contributed by atoms with E-state index in [1.54, 1.807) is 0 Å². The highest BCUT2D eigenvalue weighted by Gasteiger charge is 2.19. The number of carbonyl (C=O) groups is 3. The molecule has 0 fully saturated rings. The molecule has 0 aliphatic carbocycles. The minimum absolute atomic E-state index is 0.0870. The van der Waals surface area contributed by atoms with Crippen LogP contribution in [-0.2, 0) is 28.6 Å². The normalized spacial score (nSPS) is 12.8. The van der Waals surface area contributed by atoms with E-state index in [4.69, 9.17) is 14.2 Å². The van der Waals surface area contributed by atoms with Gasteiger partial charge >= 0.3 is 17.9 Å². The van der Waals surface area contributed by atoms with Gasteiger partial charge in [-0.05, 0) is 116 Å². The molecule has 418 valence electrons. The second kappa shape index (κ2) is 60.9. The van der Waals surface area contributed by atoms with Crippen molar-refractivity contribution >= 4 is 17.9 Å². The van der Waals surface area contributed by atoms with Crippen LogP contribution < -0.4 is 0 Å². The van der Waals surface area contributed by atoms with Gasteiger partial charge < -0.3 is 14.2 Å². The van der Waals surface area contributed by atoms with Crippen LogP contribution in [0.3, 0.4) is 0 Å². The second-order valence-electron chi connectivity index (χ2n) is 20.2. The Morgan fingerprint density at radius 3 is 0.890 bits per heavy atom. The van der Waals surface area contributed by atoms with Crippen molar-refractivity contribution < 1.29 is 28.6 Å². The smallest absolute Gasteiger partial charge is 0.306 e. The van der Waals surface area contributed by atoms with Crippen LogP contribution in [0.5, 0.6) is 0 Å². The van der Waals surface area contributed by atoms with Gasteiger partial charge in [-0.3, -0.25) is 14.4 Å². The molecule has 0 amide bonds. The molecule has 6 heteroatoms. The van der Waals surface area contributed by atoms with E-state index in [9.17, 15) is 14.4 Å². The Balaban J connectivity index is 4.34. The van der Waals surface area contributed by atoms with E-state index in [2.05, 4.69) is 118 Å². The maximum Gasteiger partial charge on any atom is 0.306 e. The highest BCUT2D eigenvalue weighted by molar-refractivity contribution is 5.71. The Kier molecular flexibility index (Phi) is 57.8. The molecule has 0 saturated carbocycles. The van der Waals surface area contributed by atoms with E-state index in [0.717, 1.165) is 116 Å². The van der Waals surface area contributed by atoms with Crippen LogP contribution >= 0.6 is 0 Å². The van der Waals surface area contributed by atoms with Gasteiger partial charge in [-0.1, -0.05) is 253 Å². The zero-order valence-electron chi connectivity index (χ0n) is 47.9. The Morgan fingerprint density at radius 2 is 0.548 bits per heavy atom. The van der Waals surface area contributed by atoms with Crippen molar-refractivity contribution in [3.05, 3.63) is 97.2 Å². The van der Waals surface area contributed by atoms with Crippen molar-refractivity contribution in [2.24, 2.45) is 0 Å². The van der Waals surface area contributed by atoms with Crippen molar-refractivity contribution in [3.63, 3.8) is 0 Å². The first-order valence-corrected chi connectivity index (χ1v) is 30.7. The largest absolute Gasteiger partial charge is 0.462 e. The molecule has 0 heterocycles. The van der Waals surface area contributed by atoms with E-state index in [-0.39, 0.29) is 31.1 Å². The molecule has 0 N–H and O–H groups in total. The molecule has 0 radical (unpaired) electrons. The van der Waals surface area contributed by atoms with Crippen molar-refractivity contribution in [2.75, 3.05) is 13.2 Å². The summed E-state index contributed by atoms with van der Waals surface area (Å²) in [6.07, 6.45) is 81.2. The standard InChI is InChI=1S/C67H114O6/c1-4-7-10-13-16-19-22-24-26-28-30-31-32-33-34-35-37-38-40-42-45-48-51-54-57-60-66(69)72-63-64(62-71-65(68)59-56-53-50-47-44-21-18-15-12-9-6-3)73-67(70)61-58-55-52-49-46-43-41-39-36-29-27-25-23-20-17-14-11-8-5-2/h7,10,15-16,18-19,24-27,30-31,33-34,37-38,64H,4-6,8-9,11-14,17,20-23,28-29,32,35-36,39-63H2,1-3H3/b10-7-,18-15-,19-16-,26-24-,27-25-,31-30-,34-33-,38-37-. The van der Waals surface area contributed by atoms with Crippen LogP contribution in [0, 0.1) is 0 Å². The number of unbranched alkanes of at least 4 members (excludes halogenated alkanes) is 28. The minimum atomic E-state index is -0.789. The number of hydrogen-bond acceptors (Lipinski definition) is 6. The molecule has 0 bridgehead atoms. The van der Waals surface area contributed by atoms with Gasteiger partial charge in [-0.25, -0.2) is 0 Å². The maximum atomic E-state index is 12.9. The lowest BCUT2D eigenvalue weighted by atomic mass is 10.1. The molecular weight excluding hydrogens is 901 g/mol. The van der Waals surface area contributed by atoms with Gasteiger partial charge in [0.15, 0.2) is 6.10 Å². The summed E-state index contributed by atoms with van der Waals surface area (Å²) in [6.45, 7) is 6.48. The molecule has 0 aliphatic heterocycles. The summed E-state index contributed by atoms with van der Waals surface area (Å²) < 4.78 is 16.9. The molecule has 0 spiro atoms. The summed E-state index contributed by atoms with van der Waals surface area (Å²) in [5.74, 6) is -0.907. The summed E-state index contributed by atoms with van der Waals surface area (Å²) in [5, 5.41) is 0. The topological polar surface area (TPSA) is 78.9 Å². The van der Waals surface area contributed by atoms with Gasteiger partial charge in [0.1, 0.15) is 13.2 Å². The molecule has 0 aromatic heterocycles. The van der Waals surface area contributed by atoms with Crippen LogP contribution in [0.25, 0.3) is 0 Å². The third kappa shape index (κ3) is 59.1. The predicted octanol–water partition coefficient (Wildman–Crippen LogP) is 20.9. The van der Waals surface area contributed by atoms with E-state index in [1.807, 2.05) is 0 Å². The third-order valence-corrected chi connectivity index (χ3v) is 13.0. The monoisotopic (exact) mass is 1010 g/mol. The summed E-state index contributed by atoms with van der Waals surface area (Å²) >= 11 is 0. The second-order valence-corrected chi connectivity index (χ2v) is 20.2. The van der Waals surface area contributed by atoms with E-state index >= 15 is 0 Å². The van der Waals surface area contributed by atoms with Gasteiger partial charge in [-0.15, -0.1) is 0 Å². The van der Waals surface area contributed by atoms with Gasteiger partial charge in [0.05, 0.1) is 0 Å².